The zero-order valence-corrected chi connectivity index (χ0v) is 8.62. The third-order valence-corrected chi connectivity index (χ3v) is 2.78. The molecule has 14 heavy (non-hydrogen) atoms. The lowest BCUT2D eigenvalue weighted by Gasteiger charge is -2.21. The van der Waals surface area contributed by atoms with E-state index in [9.17, 15) is 0 Å². The summed E-state index contributed by atoms with van der Waals surface area (Å²) in [5, 5.41) is 0. The minimum Gasteiger partial charge on any atom is -0.381 e. The van der Waals surface area contributed by atoms with E-state index >= 15 is 0 Å². The number of rotatable bonds is 1. The molecule has 0 aromatic heterocycles. The molecule has 0 saturated carbocycles. The first kappa shape index (κ1) is 9.51. The fourth-order valence-electron chi connectivity index (χ4n) is 1.86. The fourth-order valence-corrected chi connectivity index (χ4v) is 1.86. The van der Waals surface area contributed by atoms with Crippen molar-refractivity contribution in [1.82, 2.24) is 0 Å². The van der Waals surface area contributed by atoms with Gasteiger partial charge in [0.2, 0.25) is 0 Å². The summed E-state index contributed by atoms with van der Waals surface area (Å²) in [7, 11) is 0. The first-order valence-electron chi connectivity index (χ1n) is 5.25. The van der Waals surface area contributed by atoms with Crippen molar-refractivity contribution in [3.63, 3.8) is 0 Å². The van der Waals surface area contributed by atoms with Crippen LogP contribution in [0.2, 0.25) is 0 Å². The molecule has 0 spiro atoms. The molecule has 0 radical (unpaired) electrons. The molecular formula is C13H16O. The Balaban J connectivity index is 2.11. The van der Waals surface area contributed by atoms with Crippen LogP contribution in [0.3, 0.4) is 0 Å². The Morgan fingerprint density at radius 3 is 2.86 bits per heavy atom. The summed E-state index contributed by atoms with van der Waals surface area (Å²) in [6, 6.07) is 0. The van der Waals surface area contributed by atoms with Crippen molar-refractivity contribution >= 4 is 0 Å². The third kappa shape index (κ3) is 2.25. The van der Waals surface area contributed by atoms with Crippen LogP contribution in [0.4, 0.5) is 0 Å². The molecule has 0 aromatic rings. The molecule has 2 aliphatic rings. The topological polar surface area (TPSA) is 9.23 Å². The van der Waals surface area contributed by atoms with Crippen LogP contribution in [-0.2, 0) is 4.74 Å². The average Bonchev–Trinajstić information content (AvgIpc) is 2.44. The third-order valence-electron chi connectivity index (χ3n) is 2.78. The summed E-state index contributed by atoms with van der Waals surface area (Å²) in [6.45, 7) is 3.91. The molecule has 0 bridgehead atoms. The molecule has 74 valence electrons. The molecule has 1 saturated heterocycles. The van der Waals surface area contributed by atoms with Gasteiger partial charge in [0.1, 0.15) is 0 Å². The summed E-state index contributed by atoms with van der Waals surface area (Å²) in [6.07, 6.45) is 10.8. The summed E-state index contributed by atoms with van der Waals surface area (Å²) in [5.41, 5.74) is 5.98. The van der Waals surface area contributed by atoms with Gasteiger partial charge in [-0.25, -0.2) is 0 Å². The molecule has 0 unspecified atom stereocenters. The maximum atomic E-state index is 5.35. The van der Waals surface area contributed by atoms with Gasteiger partial charge in [0, 0.05) is 13.2 Å². The van der Waals surface area contributed by atoms with Gasteiger partial charge in [-0.1, -0.05) is 23.8 Å². The van der Waals surface area contributed by atoms with Crippen LogP contribution in [0.15, 0.2) is 41.2 Å². The molecule has 0 aromatic carbocycles. The van der Waals surface area contributed by atoms with Crippen molar-refractivity contribution in [2.75, 3.05) is 13.2 Å². The maximum Gasteiger partial charge on any atom is 0.0472 e. The molecule has 1 heteroatoms. The fraction of sp³-hybridized carbons (Fsp3) is 0.462. The van der Waals surface area contributed by atoms with E-state index in [4.69, 9.17) is 4.74 Å². The van der Waals surface area contributed by atoms with E-state index < -0.39 is 0 Å². The van der Waals surface area contributed by atoms with E-state index in [1.54, 1.807) is 0 Å². The van der Waals surface area contributed by atoms with Gasteiger partial charge in [0.05, 0.1) is 0 Å². The lowest BCUT2D eigenvalue weighted by molar-refractivity contribution is 0.0766. The zero-order valence-electron chi connectivity index (χ0n) is 8.62. The van der Waals surface area contributed by atoms with Gasteiger partial charge in [-0.05, 0) is 37.3 Å². The van der Waals surface area contributed by atoms with E-state index in [2.05, 4.69) is 30.9 Å². The Morgan fingerprint density at radius 1 is 1.29 bits per heavy atom. The molecule has 1 heterocycles. The van der Waals surface area contributed by atoms with Gasteiger partial charge in [-0.2, -0.15) is 0 Å². The van der Waals surface area contributed by atoms with Gasteiger partial charge in [0.25, 0.3) is 0 Å². The highest BCUT2D eigenvalue weighted by Crippen LogP contribution is 2.24. The minimum atomic E-state index is 0.649. The number of hydrogen-bond donors (Lipinski definition) is 0. The smallest absolute Gasteiger partial charge is 0.0472 e. The number of hydrogen-bond acceptors (Lipinski definition) is 1. The van der Waals surface area contributed by atoms with Gasteiger partial charge < -0.3 is 4.74 Å². The largest absolute Gasteiger partial charge is 0.381 e. The van der Waals surface area contributed by atoms with E-state index in [-0.39, 0.29) is 0 Å². The van der Waals surface area contributed by atoms with Crippen LogP contribution in [0.25, 0.3) is 0 Å². The Bertz CT molecular complexity index is 321. The number of ether oxygens (including phenoxy) is 1. The molecule has 1 aliphatic carbocycles. The zero-order chi connectivity index (χ0) is 9.80. The average molecular weight is 188 g/mol. The van der Waals surface area contributed by atoms with Crippen molar-refractivity contribution in [1.29, 1.82) is 0 Å². The quantitative estimate of drug-likeness (QED) is 0.575. The maximum absolute atomic E-state index is 5.35. The van der Waals surface area contributed by atoms with Crippen LogP contribution in [0.5, 0.6) is 0 Å². The Labute approximate surface area is 85.5 Å². The van der Waals surface area contributed by atoms with E-state index in [1.165, 1.54) is 11.1 Å². The van der Waals surface area contributed by atoms with Crippen LogP contribution in [0.1, 0.15) is 19.8 Å². The summed E-state index contributed by atoms with van der Waals surface area (Å²) >= 11 is 0. The van der Waals surface area contributed by atoms with Crippen molar-refractivity contribution in [2.24, 2.45) is 5.92 Å². The van der Waals surface area contributed by atoms with Gasteiger partial charge in [-0.15, -0.1) is 5.73 Å². The molecule has 1 fully saturated rings. The van der Waals surface area contributed by atoms with Crippen molar-refractivity contribution in [3.05, 3.63) is 41.2 Å². The lowest BCUT2D eigenvalue weighted by atomic mass is 9.91. The summed E-state index contributed by atoms with van der Waals surface area (Å²) < 4.78 is 5.35. The van der Waals surface area contributed by atoms with Crippen molar-refractivity contribution in [2.45, 2.75) is 19.8 Å². The predicted octanol–water partition coefficient (Wildman–Crippen LogP) is 3.01. The van der Waals surface area contributed by atoms with Gasteiger partial charge in [-0.3, -0.25) is 0 Å². The van der Waals surface area contributed by atoms with Crippen molar-refractivity contribution in [3.8, 4) is 0 Å². The predicted molar refractivity (Wildman–Crippen MR) is 58.0 cm³/mol. The Kier molecular flexibility index (Phi) is 3.03. The Hall–Kier alpha value is -1.04. The molecular weight excluding hydrogens is 172 g/mol. The molecule has 1 aliphatic heterocycles. The second kappa shape index (κ2) is 4.45. The first-order chi connectivity index (χ1) is 6.86. The normalized spacial score (nSPS) is 22.9. The first-order valence-corrected chi connectivity index (χ1v) is 5.25. The summed E-state index contributed by atoms with van der Waals surface area (Å²) in [5.74, 6) is 0.649. The number of allylic oxidation sites excluding steroid dienone is 5. The van der Waals surface area contributed by atoms with Gasteiger partial charge >= 0.3 is 0 Å². The molecule has 2 rings (SSSR count). The van der Waals surface area contributed by atoms with E-state index in [0.717, 1.165) is 26.1 Å². The van der Waals surface area contributed by atoms with Crippen molar-refractivity contribution < 1.29 is 4.74 Å². The Morgan fingerprint density at radius 2 is 2.07 bits per heavy atom. The van der Waals surface area contributed by atoms with Gasteiger partial charge in [0.15, 0.2) is 0 Å². The summed E-state index contributed by atoms with van der Waals surface area (Å²) in [4.78, 5) is 0. The second-order valence-electron chi connectivity index (χ2n) is 3.90. The molecule has 1 nitrogen and oxygen atoms in total. The van der Waals surface area contributed by atoms with Crippen LogP contribution >= 0.6 is 0 Å². The minimum absolute atomic E-state index is 0.649. The second-order valence-corrected chi connectivity index (χ2v) is 3.90. The highest BCUT2D eigenvalue weighted by atomic mass is 16.5. The van der Waals surface area contributed by atoms with E-state index in [1.807, 2.05) is 6.08 Å². The molecule has 0 amide bonds. The highest BCUT2D eigenvalue weighted by molar-refractivity contribution is 5.34. The standard InChI is InChI=1S/C13H16O/c1-11-3-2-4-12(6-5-11)13-7-9-14-10-8-13/h2-3,5-6,13H,7-10H2,1H3. The van der Waals surface area contributed by atoms with E-state index in [0.29, 0.717) is 5.92 Å². The molecule has 0 N–H and O–H groups in total. The lowest BCUT2D eigenvalue weighted by Crippen LogP contribution is -2.16. The van der Waals surface area contributed by atoms with Crippen LogP contribution < -0.4 is 0 Å². The monoisotopic (exact) mass is 188 g/mol. The molecule has 0 atom stereocenters. The SMILES string of the molecule is CC1=CC=C=C(C2CCOCC2)C=C1. The highest BCUT2D eigenvalue weighted by Gasteiger charge is 2.16. The van der Waals surface area contributed by atoms with Crippen LogP contribution in [0, 0.1) is 5.92 Å². The van der Waals surface area contributed by atoms with Crippen LogP contribution in [-0.4, -0.2) is 13.2 Å².